The summed E-state index contributed by atoms with van der Waals surface area (Å²) < 4.78 is 3.14. The van der Waals surface area contributed by atoms with E-state index >= 15 is 0 Å². The van der Waals surface area contributed by atoms with Crippen molar-refractivity contribution in [1.29, 1.82) is 0 Å². The number of aromatic carboxylic acids is 1. The summed E-state index contributed by atoms with van der Waals surface area (Å²) in [6, 6.07) is 21.4. The Labute approximate surface area is 223 Å². The molecule has 3 aromatic rings. The molecule has 0 heterocycles. The molecular formula is C30H33ClN2O2S. The highest BCUT2D eigenvalue weighted by atomic mass is 35.5. The average molecular weight is 521 g/mol. The number of para-hydroxylation sites is 1. The Bertz CT molecular complexity index is 1230. The lowest BCUT2D eigenvalue weighted by atomic mass is 9.57. The molecule has 0 amide bonds. The third kappa shape index (κ3) is 5.52. The molecule has 36 heavy (non-hydrogen) atoms. The number of carbonyl (C=O) groups is 1. The zero-order valence-electron chi connectivity index (χ0n) is 20.8. The maximum Gasteiger partial charge on any atom is 0.337 e. The van der Waals surface area contributed by atoms with E-state index in [9.17, 15) is 9.90 Å². The Balaban J connectivity index is 1.23. The minimum absolute atomic E-state index is 0.209. The minimum atomic E-state index is -0.948. The van der Waals surface area contributed by atoms with Crippen molar-refractivity contribution in [1.82, 2.24) is 0 Å². The van der Waals surface area contributed by atoms with Gasteiger partial charge in [-0.05, 0) is 121 Å². The van der Waals surface area contributed by atoms with Crippen molar-refractivity contribution in [2.75, 3.05) is 10.0 Å². The molecule has 188 valence electrons. The Kier molecular flexibility index (Phi) is 7.23. The van der Waals surface area contributed by atoms with Gasteiger partial charge in [-0.3, -0.25) is 0 Å². The van der Waals surface area contributed by atoms with Gasteiger partial charge in [-0.2, -0.15) is 0 Å². The highest BCUT2D eigenvalue weighted by Gasteiger charge is 2.41. The normalized spacial score (nSPS) is 25.2. The number of hydrogen-bond acceptors (Lipinski definition) is 4. The van der Waals surface area contributed by atoms with Crippen LogP contribution in [0.5, 0.6) is 0 Å². The lowest BCUT2D eigenvalue weighted by molar-refractivity contribution is 0.0698. The molecule has 2 atom stereocenters. The second kappa shape index (κ2) is 10.4. The molecule has 2 unspecified atom stereocenters. The summed E-state index contributed by atoms with van der Waals surface area (Å²) in [5.41, 5.74) is 4.26. The summed E-state index contributed by atoms with van der Waals surface area (Å²) in [4.78, 5) is 12.4. The third-order valence-electron chi connectivity index (χ3n) is 7.85. The number of benzene rings is 3. The second-order valence-electron chi connectivity index (χ2n) is 10.9. The summed E-state index contributed by atoms with van der Waals surface area (Å²) in [6.45, 7) is 4.85. The van der Waals surface area contributed by atoms with Crippen molar-refractivity contribution in [3.05, 3.63) is 82.9 Å². The van der Waals surface area contributed by atoms with Crippen molar-refractivity contribution < 1.29 is 9.90 Å². The molecule has 2 saturated carbocycles. The fraction of sp³-hybridized carbons (Fsp3) is 0.367. The van der Waals surface area contributed by atoms with Gasteiger partial charge in [-0.1, -0.05) is 43.6 Å². The predicted octanol–water partition coefficient (Wildman–Crippen LogP) is 9.00. The van der Waals surface area contributed by atoms with E-state index in [1.54, 1.807) is 18.2 Å². The molecule has 3 aromatic carbocycles. The SMILES string of the molecule is CC1CC2CC(C1)CC(C)(c1ccc(Nc3ccc(SNc4ccccc4C(=O)O)cc3)c(Cl)c1)C2. The first-order valence-corrected chi connectivity index (χ1v) is 13.9. The van der Waals surface area contributed by atoms with E-state index in [4.69, 9.17) is 11.6 Å². The first-order valence-electron chi connectivity index (χ1n) is 12.7. The van der Waals surface area contributed by atoms with E-state index < -0.39 is 5.97 Å². The van der Waals surface area contributed by atoms with Crippen molar-refractivity contribution in [3.8, 4) is 0 Å². The molecule has 2 aliphatic rings. The van der Waals surface area contributed by atoms with Crippen LogP contribution in [-0.4, -0.2) is 11.1 Å². The molecule has 5 rings (SSSR count). The zero-order valence-corrected chi connectivity index (χ0v) is 22.3. The number of rotatable bonds is 7. The largest absolute Gasteiger partial charge is 0.478 e. The first kappa shape index (κ1) is 25.0. The molecule has 0 radical (unpaired) electrons. The summed E-state index contributed by atoms with van der Waals surface area (Å²) in [5, 5.41) is 13.5. The fourth-order valence-electron chi connectivity index (χ4n) is 6.45. The van der Waals surface area contributed by atoms with Crippen molar-refractivity contribution in [2.24, 2.45) is 17.8 Å². The highest BCUT2D eigenvalue weighted by Crippen LogP contribution is 2.51. The average Bonchev–Trinajstić information content (AvgIpc) is 2.84. The Morgan fingerprint density at radius 3 is 2.33 bits per heavy atom. The molecule has 6 heteroatoms. The van der Waals surface area contributed by atoms with Gasteiger partial charge >= 0.3 is 5.97 Å². The Hall–Kier alpha value is -2.63. The first-order chi connectivity index (χ1) is 17.3. The second-order valence-corrected chi connectivity index (χ2v) is 12.2. The van der Waals surface area contributed by atoms with Gasteiger partial charge in [0.05, 0.1) is 22.0 Å². The molecular weight excluding hydrogens is 488 g/mol. The van der Waals surface area contributed by atoms with E-state index in [0.717, 1.165) is 39.0 Å². The van der Waals surface area contributed by atoms with Gasteiger partial charge < -0.3 is 15.1 Å². The van der Waals surface area contributed by atoms with Crippen LogP contribution < -0.4 is 10.0 Å². The molecule has 4 nitrogen and oxygen atoms in total. The molecule has 2 fully saturated rings. The van der Waals surface area contributed by atoms with E-state index in [-0.39, 0.29) is 11.0 Å². The minimum Gasteiger partial charge on any atom is -0.478 e. The number of carboxylic acids is 1. The van der Waals surface area contributed by atoms with Crippen LogP contribution in [-0.2, 0) is 5.41 Å². The zero-order chi connectivity index (χ0) is 25.3. The van der Waals surface area contributed by atoms with Crippen LogP contribution in [0.15, 0.2) is 71.6 Å². The van der Waals surface area contributed by atoms with Crippen LogP contribution in [0.4, 0.5) is 17.1 Å². The predicted molar refractivity (Wildman–Crippen MR) is 151 cm³/mol. The topological polar surface area (TPSA) is 61.4 Å². The number of hydrogen-bond donors (Lipinski definition) is 3. The fourth-order valence-corrected chi connectivity index (χ4v) is 7.36. The van der Waals surface area contributed by atoms with Gasteiger partial charge in [0.2, 0.25) is 0 Å². The lowest BCUT2D eigenvalue weighted by Crippen LogP contribution is -2.38. The Morgan fingerprint density at radius 2 is 1.67 bits per heavy atom. The number of halogens is 1. The van der Waals surface area contributed by atoms with Gasteiger partial charge in [-0.25, -0.2) is 4.79 Å². The van der Waals surface area contributed by atoms with Crippen molar-refractivity contribution in [2.45, 2.75) is 56.3 Å². The molecule has 2 bridgehead atoms. The molecule has 0 aromatic heterocycles. The van der Waals surface area contributed by atoms with E-state index in [0.29, 0.717) is 5.69 Å². The standard InChI is InChI=1S/C30H33ClN2O2S/c1-19-13-20-15-21(14-19)18-30(2,17-20)22-7-12-28(26(31)16-22)32-23-8-10-24(11-9-23)36-33-27-6-4-3-5-25(27)29(34)35/h3-12,16,19-21,32-33H,13-15,17-18H2,1-2H3,(H,34,35). The summed E-state index contributed by atoms with van der Waals surface area (Å²) in [6.07, 6.45) is 6.68. The molecule has 0 saturated heterocycles. The highest BCUT2D eigenvalue weighted by molar-refractivity contribution is 8.00. The molecule has 0 aliphatic heterocycles. The van der Waals surface area contributed by atoms with Crippen LogP contribution in [0.3, 0.4) is 0 Å². The van der Waals surface area contributed by atoms with E-state index in [1.807, 2.05) is 30.3 Å². The van der Waals surface area contributed by atoms with Gasteiger partial charge in [0, 0.05) is 10.6 Å². The monoisotopic (exact) mass is 520 g/mol. The molecule has 2 aliphatic carbocycles. The Morgan fingerprint density at radius 1 is 0.972 bits per heavy atom. The van der Waals surface area contributed by atoms with Crippen LogP contribution in [0.25, 0.3) is 0 Å². The van der Waals surface area contributed by atoms with Crippen LogP contribution in [0.2, 0.25) is 5.02 Å². The van der Waals surface area contributed by atoms with Gasteiger partial charge in [0.15, 0.2) is 0 Å². The van der Waals surface area contributed by atoms with Gasteiger partial charge in [-0.15, -0.1) is 0 Å². The van der Waals surface area contributed by atoms with Gasteiger partial charge in [0.1, 0.15) is 0 Å². The third-order valence-corrected chi connectivity index (χ3v) is 8.99. The quantitative estimate of drug-likeness (QED) is 0.271. The van der Waals surface area contributed by atoms with Crippen molar-refractivity contribution in [3.63, 3.8) is 0 Å². The van der Waals surface area contributed by atoms with E-state index in [2.05, 4.69) is 42.1 Å². The number of nitrogens with one attached hydrogen (secondary N) is 2. The number of fused-ring (bicyclic) bond motifs is 2. The number of carboxylic acid groups (broad SMARTS) is 1. The van der Waals surface area contributed by atoms with E-state index in [1.165, 1.54) is 49.6 Å². The molecule has 3 N–H and O–H groups in total. The van der Waals surface area contributed by atoms with Crippen LogP contribution >= 0.6 is 23.5 Å². The lowest BCUT2D eigenvalue weighted by Gasteiger charge is -2.47. The summed E-state index contributed by atoms with van der Waals surface area (Å²) >= 11 is 8.15. The maximum absolute atomic E-state index is 11.4. The summed E-state index contributed by atoms with van der Waals surface area (Å²) in [5.74, 6) is 1.61. The number of anilines is 3. The van der Waals surface area contributed by atoms with Crippen LogP contribution in [0.1, 0.15) is 61.9 Å². The van der Waals surface area contributed by atoms with Crippen molar-refractivity contribution >= 4 is 46.6 Å². The maximum atomic E-state index is 11.4. The van der Waals surface area contributed by atoms with Gasteiger partial charge in [0.25, 0.3) is 0 Å². The summed E-state index contributed by atoms with van der Waals surface area (Å²) in [7, 11) is 0. The smallest absolute Gasteiger partial charge is 0.337 e. The molecule has 0 spiro atoms. The van der Waals surface area contributed by atoms with Crippen LogP contribution in [0, 0.1) is 17.8 Å².